The highest BCUT2D eigenvalue weighted by atomic mass is 32.2. The highest BCUT2D eigenvalue weighted by molar-refractivity contribution is 7.99. The average molecular weight is 234 g/mol. The Morgan fingerprint density at radius 2 is 2.00 bits per heavy atom. The molecular formula is C12H10O3S. The maximum Gasteiger partial charge on any atom is 0.186 e. The van der Waals surface area contributed by atoms with Crippen LogP contribution in [0.4, 0.5) is 0 Å². The molecule has 1 aromatic carbocycles. The van der Waals surface area contributed by atoms with Crippen molar-refractivity contribution in [2.45, 2.75) is 16.7 Å². The number of phenols is 1. The Bertz CT molecular complexity index is 499. The van der Waals surface area contributed by atoms with Crippen molar-refractivity contribution >= 4 is 18.0 Å². The zero-order valence-corrected chi connectivity index (χ0v) is 9.45. The fourth-order valence-corrected chi connectivity index (χ4v) is 2.25. The summed E-state index contributed by atoms with van der Waals surface area (Å²) in [4.78, 5) is 12.5. The number of benzene rings is 1. The van der Waals surface area contributed by atoms with E-state index in [4.69, 9.17) is 9.52 Å². The summed E-state index contributed by atoms with van der Waals surface area (Å²) in [5.41, 5.74) is 0. The van der Waals surface area contributed by atoms with Crippen LogP contribution in [0.15, 0.2) is 44.5 Å². The minimum absolute atomic E-state index is 0.225. The summed E-state index contributed by atoms with van der Waals surface area (Å²) < 4.78 is 5.22. The molecule has 0 bridgehead atoms. The van der Waals surface area contributed by atoms with Gasteiger partial charge in [-0.05, 0) is 37.3 Å². The zero-order valence-electron chi connectivity index (χ0n) is 8.64. The minimum atomic E-state index is 0.225. The van der Waals surface area contributed by atoms with Crippen LogP contribution in [0.25, 0.3) is 0 Å². The molecule has 1 N–H and O–H groups in total. The van der Waals surface area contributed by atoms with Crippen molar-refractivity contribution in [2.24, 2.45) is 0 Å². The first kappa shape index (κ1) is 10.8. The van der Waals surface area contributed by atoms with Gasteiger partial charge in [0.1, 0.15) is 11.5 Å². The molecule has 1 aromatic heterocycles. The molecule has 16 heavy (non-hydrogen) atoms. The number of furan rings is 1. The zero-order chi connectivity index (χ0) is 11.5. The van der Waals surface area contributed by atoms with Crippen molar-refractivity contribution in [2.75, 3.05) is 0 Å². The molecule has 0 aliphatic rings. The lowest BCUT2D eigenvalue weighted by atomic mass is 10.3. The lowest BCUT2D eigenvalue weighted by molar-refractivity contribution is 0.109. The second-order valence-corrected chi connectivity index (χ2v) is 4.41. The van der Waals surface area contributed by atoms with Gasteiger partial charge in [-0.2, -0.15) is 0 Å². The molecule has 2 aromatic rings. The van der Waals surface area contributed by atoms with Crippen LogP contribution in [-0.2, 0) is 0 Å². The van der Waals surface area contributed by atoms with Crippen LogP contribution in [0, 0.1) is 6.92 Å². The lowest BCUT2D eigenvalue weighted by Gasteiger charge is -1.98. The van der Waals surface area contributed by atoms with Gasteiger partial charge < -0.3 is 9.52 Å². The van der Waals surface area contributed by atoms with Gasteiger partial charge in [0.2, 0.25) is 0 Å². The number of aryl methyl sites for hydroxylation is 1. The quantitative estimate of drug-likeness (QED) is 0.828. The van der Waals surface area contributed by atoms with Crippen LogP contribution in [0.1, 0.15) is 16.3 Å². The van der Waals surface area contributed by atoms with E-state index in [0.717, 1.165) is 9.79 Å². The Hall–Kier alpha value is -1.68. The van der Waals surface area contributed by atoms with Crippen molar-refractivity contribution in [3.05, 3.63) is 41.9 Å². The van der Waals surface area contributed by atoms with Gasteiger partial charge >= 0.3 is 0 Å². The lowest BCUT2D eigenvalue weighted by Crippen LogP contribution is -1.77. The van der Waals surface area contributed by atoms with Crippen LogP contribution in [0.3, 0.4) is 0 Å². The predicted octanol–water partition coefficient (Wildman–Crippen LogP) is 3.26. The monoisotopic (exact) mass is 234 g/mol. The smallest absolute Gasteiger partial charge is 0.186 e. The molecule has 0 atom stereocenters. The van der Waals surface area contributed by atoms with Gasteiger partial charge in [-0.3, -0.25) is 4.79 Å². The summed E-state index contributed by atoms with van der Waals surface area (Å²) in [6.45, 7) is 1.80. The van der Waals surface area contributed by atoms with Crippen LogP contribution >= 0.6 is 11.8 Å². The number of hydrogen-bond acceptors (Lipinski definition) is 4. The summed E-state index contributed by atoms with van der Waals surface area (Å²) in [7, 11) is 0. The van der Waals surface area contributed by atoms with E-state index in [1.807, 2.05) is 6.07 Å². The second-order valence-electron chi connectivity index (χ2n) is 3.30. The normalized spacial score (nSPS) is 10.3. The number of aldehydes is 1. The Morgan fingerprint density at radius 1 is 1.31 bits per heavy atom. The highest BCUT2D eigenvalue weighted by Crippen LogP contribution is 2.32. The third-order valence-corrected chi connectivity index (χ3v) is 3.07. The van der Waals surface area contributed by atoms with E-state index in [1.165, 1.54) is 11.8 Å². The highest BCUT2D eigenvalue weighted by Gasteiger charge is 2.09. The van der Waals surface area contributed by atoms with E-state index >= 15 is 0 Å². The molecule has 0 aliphatic heterocycles. The number of aromatic hydroxyl groups is 1. The van der Waals surface area contributed by atoms with E-state index < -0.39 is 0 Å². The Labute approximate surface area is 97.1 Å². The van der Waals surface area contributed by atoms with Gasteiger partial charge in [-0.15, -0.1) is 0 Å². The van der Waals surface area contributed by atoms with E-state index in [1.54, 1.807) is 31.2 Å². The van der Waals surface area contributed by atoms with Gasteiger partial charge in [0.05, 0.1) is 4.90 Å². The molecule has 1 heterocycles. The van der Waals surface area contributed by atoms with Crippen LogP contribution in [0.2, 0.25) is 0 Å². The van der Waals surface area contributed by atoms with Crippen LogP contribution < -0.4 is 0 Å². The largest absolute Gasteiger partial charge is 0.508 e. The topological polar surface area (TPSA) is 50.4 Å². The first-order valence-electron chi connectivity index (χ1n) is 4.71. The van der Waals surface area contributed by atoms with Crippen LogP contribution in [0.5, 0.6) is 5.75 Å². The summed E-state index contributed by atoms with van der Waals surface area (Å²) in [6.07, 6.45) is 0.704. The molecule has 0 saturated carbocycles. The van der Waals surface area contributed by atoms with Gasteiger partial charge in [0.15, 0.2) is 12.0 Å². The number of hydrogen-bond donors (Lipinski definition) is 1. The van der Waals surface area contributed by atoms with Gasteiger partial charge in [-0.1, -0.05) is 11.8 Å². The Morgan fingerprint density at radius 3 is 2.62 bits per heavy atom. The standard InChI is InChI=1S/C12H10O3S/c1-8-6-12(11(7-13)15-8)16-10-4-2-9(14)3-5-10/h2-7,14H,1H3. The average Bonchev–Trinajstić information content (AvgIpc) is 2.62. The van der Waals surface area contributed by atoms with Gasteiger partial charge in [0.25, 0.3) is 0 Å². The third-order valence-electron chi connectivity index (χ3n) is 2.02. The molecule has 0 unspecified atom stereocenters. The van der Waals surface area contributed by atoms with Crippen molar-refractivity contribution in [1.82, 2.24) is 0 Å². The third kappa shape index (κ3) is 2.28. The van der Waals surface area contributed by atoms with Crippen LogP contribution in [-0.4, -0.2) is 11.4 Å². The minimum Gasteiger partial charge on any atom is -0.508 e. The molecule has 0 fully saturated rings. The molecule has 0 amide bonds. The predicted molar refractivity (Wildman–Crippen MR) is 61.1 cm³/mol. The van der Waals surface area contributed by atoms with E-state index in [-0.39, 0.29) is 5.75 Å². The molecular weight excluding hydrogens is 224 g/mol. The Kier molecular flexibility index (Phi) is 3.01. The number of rotatable bonds is 3. The Balaban J connectivity index is 2.26. The molecule has 4 heteroatoms. The summed E-state index contributed by atoms with van der Waals surface area (Å²) in [6, 6.07) is 8.61. The molecule has 0 aliphatic carbocycles. The molecule has 0 radical (unpaired) electrons. The summed E-state index contributed by atoms with van der Waals surface area (Å²) >= 11 is 1.43. The van der Waals surface area contributed by atoms with Gasteiger partial charge in [0, 0.05) is 4.90 Å². The van der Waals surface area contributed by atoms with Crippen molar-refractivity contribution in [3.63, 3.8) is 0 Å². The summed E-state index contributed by atoms with van der Waals surface area (Å²) in [5.74, 6) is 1.28. The van der Waals surface area contributed by atoms with E-state index in [0.29, 0.717) is 17.8 Å². The number of carbonyl (C=O) groups excluding carboxylic acids is 1. The number of phenolic OH excluding ortho intramolecular Hbond substituents is 1. The van der Waals surface area contributed by atoms with Crippen molar-refractivity contribution in [1.29, 1.82) is 0 Å². The molecule has 0 spiro atoms. The first-order valence-corrected chi connectivity index (χ1v) is 5.53. The fraction of sp³-hybridized carbons (Fsp3) is 0.0833. The second kappa shape index (κ2) is 4.45. The van der Waals surface area contributed by atoms with E-state index in [9.17, 15) is 4.79 Å². The van der Waals surface area contributed by atoms with E-state index in [2.05, 4.69) is 0 Å². The first-order chi connectivity index (χ1) is 7.69. The molecule has 0 saturated heterocycles. The molecule has 2 rings (SSSR count). The summed E-state index contributed by atoms with van der Waals surface area (Å²) in [5, 5.41) is 9.14. The maximum absolute atomic E-state index is 10.7. The molecule has 82 valence electrons. The number of carbonyl (C=O) groups is 1. The fourth-order valence-electron chi connectivity index (χ4n) is 1.31. The maximum atomic E-state index is 10.7. The van der Waals surface area contributed by atoms with Crippen molar-refractivity contribution < 1.29 is 14.3 Å². The molecule has 3 nitrogen and oxygen atoms in total. The SMILES string of the molecule is Cc1cc(Sc2ccc(O)cc2)c(C=O)o1. The van der Waals surface area contributed by atoms with Gasteiger partial charge in [-0.25, -0.2) is 0 Å². The van der Waals surface area contributed by atoms with Crippen molar-refractivity contribution in [3.8, 4) is 5.75 Å².